The zero-order valence-corrected chi connectivity index (χ0v) is 7.69. The number of nitrogens with zero attached hydrogens (tertiary/aromatic N) is 2. The van der Waals surface area contributed by atoms with Gasteiger partial charge in [0.1, 0.15) is 5.69 Å². The molecule has 4 heteroatoms. The molecule has 0 bridgehead atoms. The van der Waals surface area contributed by atoms with E-state index >= 15 is 0 Å². The Morgan fingerprint density at radius 3 is 2.50 bits per heavy atom. The Kier molecular flexibility index (Phi) is 2.10. The molecule has 0 spiro atoms. The molecule has 0 atom stereocenters. The van der Waals surface area contributed by atoms with E-state index in [-0.39, 0.29) is 5.56 Å². The second kappa shape index (κ2) is 3.41. The highest BCUT2D eigenvalue weighted by atomic mass is 16.1. The van der Waals surface area contributed by atoms with Crippen LogP contribution in [-0.4, -0.2) is 15.0 Å². The van der Waals surface area contributed by atoms with E-state index in [9.17, 15) is 4.79 Å². The first-order chi connectivity index (χ1) is 6.75. The van der Waals surface area contributed by atoms with Crippen LogP contribution in [0.25, 0.3) is 11.4 Å². The van der Waals surface area contributed by atoms with Crippen molar-refractivity contribution in [3.63, 3.8) is 0 Å². The average Bonchev–Trinajstić information content (AvgIpc) is 2.21. The number of aromatic nitrogens is 3. The Bertz CT molecular complexity index is 467. The van der Waals surface area contributed by atoms with Crippen LogP contribution in [0, 0.1) is 6.92 Å². The molecule has 0 radical (unpaired) electrons. The molecule has 0 aliphatic carbocycles. The summed E-state index contributed by atoms with van der Waals surface area (Å²) in [6.45, 7) is 1.97. The largest absolute Gasteiger partial charge is 0.326 e. The molecule has 2 heterocycles. The molecule has 2 aromatic heterocycles. The van der Waals surface area contributed by atoms with Gasteiger partial charge in [-0.3, -0.25) is 9.78 Å². The molecule has 0 aliphatic heterocycles. The van der Waals surface area contributed by atoms with Crippen LogP contribution < -0.4 is 5.56 Å². The standard InChI is InChI=1S/C10H9N3O/c1-7-2-3-8(11-4-7)9-5-13-10(14)6-12-9/h2-6H,1H3,(H,13,14). The second-order valence-electron chi connectivity index (χ2n) is 3.02. The lowest BCUT2D eigenvalue weighted by Gasteiger charge is -1.98. The number of aromatic amines is 1. The summed E-state index contributed by atoms with van der Waals surface area (Å²) in [6.07, 6.45) is 4.57. The highest BCUT2D eigenvalue weighted by Crippen LogP contribution is 2.10. The highest BCUT2D eigenvalue weighted by Gasteiger charge is 1.99. The lowest BCUT2D eigenvalue weighted by atomic mass is 10.2. The molecule has 14 heavy (non-hydrogen) atoms. The number of hydrogen-bond acceptors (Lipinski definition) is 3. The molecule has 2 rings (SSSR count). The fourth-order valence-electron chi connectivity index (χ4n) is 1.10. The van der Waals surface area contributed by atoms with Gasteiger partial charge in [0.15, 0.2) is 0 Å². The van der Waals surface area contributed by atoms with E-state index in [0.717, 1.165) is 11.3 Å². The summed E-state index contributed by atoms with van der Waals surface area (Å²) < 4.78 is 0. The second-order valence-corrected chi connectivity index (χ2v) is 3.02. The number of H-pyrrole nitrogens is 1. The van der Waals surface area contributed by atoms with Gasteiger partial charge in [0.2, 0.25) is 0 Å². The van der Waals surface area contributed by atoms with Gasteiger partial charge in [0.05, 0.1) is 11.9 Å². The Balaban J connectivity index is 2.44. The number of pyridine rings is 1. The summed E-state index contributed by atoms with van der Waals surface area (Å²) >= 11 is 0. The summed E-state index contributed by atoms with van der Waals surface area (Å²) in [5, 5.41) is 0. The van der Waals surface area contributed by atoms with Crippen molar-refractivity contribution < 1.29 is 0 Å². The van der Waals surface area contributed by atoms with Crippen molar-refractivity contribution in [2.24, 2.45) is 0 Å². The van der Waals surface area contributed by atoms with Crippen LogP contribution in [0.5, 0.6) is 0 Å². The molecule has 1 N–H and O–H groups in total. The van der Waals surface area contributed by atoms with Crippen molar-refractivity contribution in [2.75, 3.05) is 0 Å². The van der Waals surface area contributed by atoms with E-state index in [1.54, 1.807) is 12.4 Å². The van der Waals surface area contributed by atoms with Crippen LogP contribution in [0.2, 0.25) is 0 Å². The summed E-state index contributed by atoms with van der Waals surface area (Å²) in [4.78, 5) is 21.5. The van der Waals surface area contributed by atoms with Crippen molar-refractivity contribution in [3.05, 3.63) is 46.6 Å². The van der Waals surface area contributed by atoms with Gasteiger partial charge in [0.25, 0.3) is 5.56 Å². The van der Waals surface area contributed by atoms with Gasteiger partial charge in [-0.05, 0) is 18.6 Å². The van der Waals surface area contributed by atoms with Gasteiger partial charge in [-0.2, -0.15) is 0 Å². The van der Waals surface area contributed by atoms with Gasteiger partial charge in [-0.15, -0.1) is 0 Å². The normalized spacial score (nSPS) is 10.1. The summed E-state index contributed by atoms with van der Waals surface area (Å²) in [5.41, 5.74) is 2.32. The number of rotatable bonds is 1. The third-order valence-electron chi connectivity index (χ3n) is 1.85. The quantitative estimate of drug-likeness (QED) is 0.728. The fourth-order valence-corrected chi connectivity index (χ4v) is 1.10. The van der Waals surface area contributed by atoms with Gasteiger partial charge >= 0.3 is 0 Å². The minimum Gasteiger partial charge on any atom is -0.326 e. The van der Waals surface area contributed by atoms with Crippen LogP contribution in [-0.2, 0) is 0 Å². The van der Waals surface area contributed by atoms with Crippen LogP contribution >= 0.6 is 0 Å². The topological polar surface area (TPSA) is 58.6 Å². The predicted octanol–water partition coefficient (Wildman–Crippen LogP) is 1.14. The van der Waals surface area contributed by atoms with Crippen LogP contribution in [0.15, 0.2) is 35.5 Å². The zero-order chi connectivity index (χ0) is 9.97. The Labute approximate surface area is 80.7 Å². The van der Waals surface area contributed by atoms with E-state index in [1.807, 2.05) is 19.1 Å². The summed E-state index contributed by atoms with van der Waals surface area (Å²) in [7, 11) is 0. The van der Waals surface area contributed by atoms with Gasteiger partial charge in [0, 0.05) is 12.4 Å². The van der Waals surface area contributed by atoms with E-state index < -0.39 is 0 Å². The highest BCUT2D eigenvalue weighted by molar-refractivity contribution is 5.52. The SMILES string of the molecule is Cc1ccc(-c2c[nH]c(=O)cn2)nc1. The molecule has 0 aromatic carbocycles. The lowest BCUT2D eigenvalue weighted by molar-refractivity contribution is 1.12. The molecule has 0 fully saturated rings. The van der Waals surface area contributed by atoms with Crippen molar-refractivity contribution in [1.29, 1.82) is 0 Å². The number of hydrogen-bond donors (Lipinski definition) is 1. The Morgan fingerprint density at radius 1 is 1.14 bits per heavy atom. The first kappa shape index (κ1) is 8.62. The molecule has 70 valence electrons. The van der Waals surface area contributed by atoms with Crippen LogP contribution in [0.4, 0.5) is 0 Å². The van der Waals surface area contributed by atoms with Crippen LogP contribution in [0.3, 0.4) is 0 Å². The van der Waals surface area contributed by atoms with Gasteiger partial charge < -0.3 is 4.98 Å². The molecule has 0 amide bonds. The smallest absolute Gasteiger partial charge is 0.266 e. The third kappa shape index (κ3) is 1.69. The maximum absolute atomic E-state index is 10.8. The zero-order valence-electron chi connectivity index (χ0n) is 7.69. The molecule has 0 aliphatic rings. The Hall–Kier alpha value is -1.97. The number of nitrogens with one attached hydrogen (secondary N) is 1. The van der Waals surface area contributed by atoms with Crippen LogP contribution in [0.1, 0.15) is 5.56 Å². The first-order valence-electron chi connectivity index (χ1n) is 4.23. The summed E-state index contributed by atoms with van der Waals surface area (Å²) in [6, 6.07) is 3.82. The lowest BCUT2D eigenvalue weighted by Crippen LogP contribution is -2.04. The molecule has 0 saturated carbocycles. The van der Waals surface area contributed by atoms with Crippen molar-refractivity contribution in [1.82, 2.24) is 15.0 Å². The minimum absolute atomic E-state index is 0.208. The molecule has 0 saturated heterocycles. The van der Waals surface area contributed by atoms with Gasteiger partial charge in [-0.25, -0.2) is 4.98 Å². The molecular weight excluding hydrogens is 178 g/mol. The number of aryl methyl sites for hydroxylation is 1. The van der Waals surface area contributed by atoms with E-state index in [2.05, 4.69) is 15.0 Å². The summed E-state index contributed by atoms with van der Waals surface area (Å²) in [5.74, 6) is 0. The fraction of sp³-hybridized carbons (Fsp3) is 0.100. The minimum atomic E-state index is -0.208. The monoisotopic (exact) mass is 187 g/mol. The van der Waals surface area contributed by atoms with E-state index in [1.165, 1.54) is 6.20 Å². The maximum atomic E-state index is 10.8. The molecule has 4 nitrogen and oxygen atoms in total. The maximum Gasteiger partial charge on any atom is 0.266 e. The first-order valence-corrected chi connectivity index (χ1v) is 4.23. The molecule has 0 unspecified atom stereocenters. The van der Waals surface area contributed by atoms with Gasteiger partial charge in [-0.1, -0.05) is 6.07 Å². The van der Waals surface area contributed by atoms with Crippen molar-refractivity contribution in [3.8, 4) is 11.4 Å². The Morgan fingerprint density at radius 2 is 1.93 bits per heavy atom. The average molecular weight is 187 g/mol. The van der Waals surface area contributed by atoms with Crippen molar-refractivity contribution in [2.45, 2.75) is 6.92 Å². The predicted molar refractivity (Wildman–Crippen MR) is 52.8 cm³/mol. The molecule has 2 aromatic rings. The van der Waals surface area contributed by atoms with E-state index in [4.69, 9.17) is 0 Å². The molecular formula is C10H9N3O. The third-order valence-corrected chi connectivity index (χ3v) is 1.85. The van der Waals surface area contributed by atoms with Crippen molar-refractivity contribution >= 4 is 0 Å². The van der Waals surface area contributed by atoms with E-state index in [0.29, 0.717) is 5.69 Å².